The zero-order valence-electron chi connectivity index (χ0n) is 14.2. The molecule has 26 heavy (non-hydrogen) atoms. The van der Waals surface area contributed by atoms with E-state index in [4.69, 9.17) is 4.74 Å². The maximum Gasteiger partial charge on any atom is 0.337 e. The third kappa shape index (κ3) is 2.32. The number of carbonyl (C=O) groups is 1. The molecule has 2 aliphatic rings. The summed E-state index contributed by atoms with van der Waals surface area (Å²) < 4.78 is 6.59. The number of benzene rings is 1. The van der Waals surface area contributed by atoms with E-state index in [1.165, 1.54) is 4.57 Å². The Bertz CT molecular complexity index is 1090. The zero-order valence-corrected chi connectivity index (χ0v) is 14.2. The second-order valence-electron chi connectivity index (χ2n) is 6.36. The Labute approximate surface area is 148 Å². The number of carbonyl (C=O) groups excluding carboxylic acids is 1. The fraction of sp³-hybridized carbons (Fsp3) is 0.211. The number of H-pyrrole nitrogens is 1. The first-order valence-electron chi connectivity index (χ1n) is 8.23. The lowest BCUT2D eigenvalue weighted by Gasteiger charge is -2.28. The maximum absolute atomic E-state index is 12.7. The van der Waals surface area contributed by atoms with Crippen LogP contribution >= 0.6 is 0 Å². The maximum atomic E-state index is 12.7. The summed E-state index contributed by atoms with van der Waals surface area (Å²) in [4.78, 5) is 39.7. The van der Waals surface area contributed by atoms with E-state index in [2.05, 4.69) is 16.9 Å². The largest absolute Gasteiger partial charge is 0.456 e. The molecule has 0 saturated heterocycles. The summed E-state index contributed by atoms with van der Waals surface area (Å²) in [6.45, 7) is 5.92. The predicted molar refractivity (Wildman–Crippen MR) is 96.1 cm³/mol. The number of nitrogens with one attached hydrogen (secondary N) is 2. The van der Waals surface area contributed by atoms with E-state index in [9.17, 15) is 14.4 Å². The number of anilines is 1. The van der Waals surface area contributed by atoms with Crippen LogP contribution in [0.3, 0.4) is 0 Å². The van der Waals surface area contributed by atoms with Gasteiger partial charge in [0.15, 0.2) is 0 Å². The van der Waals surface area contributed by atoms with Gasteiger partial charge in [-0.05, 0) is 12.5 Å². The Kier molecular flexibility index (Phi) is 3.64. The zero-order chi connectivity index (χ0) is 18.4. The van der Waals surface area contributed by atoms with E-state index in [1.54, 1.807) is 6.08 Å². The van der Waals surface area contributed by atoms with Crippen molar-refractivity contribution in [1.82, 2.24) is 9.55 Å². The monoisotopic (exact) mass is 351 g/mol. The van der Waals surface area contributed by atoms with Crippen molar-refractivity contribution in [3.05, 3.63) is 85.7 Å². The van der Waals surface area contributed by atoms with Crippen LogP contribution in [0.25, 0.3) is 0 Å². The van der Waals surface area contributed by atoms with E-state index in [1.807, 2.05) is 31.2 Å². The highest BCUT2D eigenvalue weighted by molar-refractivity contribution is 5.96. The van der Waals surface area contributed by atoms with Crippen molar-refractivity contribution in [3.8, 4) is 0 Å². The third-order valence-corrected chi connectivity index (χ3v) is 4.66. The molecule has 3 heterocycles. The van der Waals surface area contributed by atoms with Gasteiger partial charge in [0.1, 0.15) is 12.4 Å². The molecule has 0 spiro atoms. The molecule has 1 aromatic heterocycles. The molecule has 0 radical (unpaired) electrons. The smallest absolute Gasteiger partial charge is 0.337 e. The summed E-state index contributed by atoms with van der Waals surface area (Å²) in [5.74, 6) is -0.677. The first-order valence-corrected chi connectivity index (χ1v) is 8.23. The second kappa shape index (κ2) is 5.87. The topological polar surface area (TPSA) is 93.2 Å². The van der Waals surface area contributed by atoms with Crippen LogP contribution in [0.4, 0.5) is 5.82 Å². The molecule has 0 amide bonds. The number of aromatic nitrogens is 2. The van der Waals surface area contributed by atoms with Crippen molar-refractivity contribution in [2.45, 2.75) is 19.4 Å². The summed E-state index contributed by atoms with van der Waals surface area (Å²) in [6, 6.07) is 7.61. The molecule has 7 heteroatoms. The van der Waals surface area contributed by atoms with Gasteiger partial charge in [0.25, 0.3) is 5.56 Å². The molecule has 0 bridgehead atoms. The number of esters is 1. The molecule has 0 aliphatic carbocycles. The predicted octanol–water partition coefficient (Wildman–Crippen LogP) is 1.40. The minimum atomic E-state index is -0.600. The van der Waals surface area contributed by atoms with Gasteiger partial charge >= 0.3 is 11.7 Å². The van der Waals surface area contributed by atoms with E-state index in [0.717, 1.165) is 11.1 Å². The molecule has 2 aliphatic heterocycles. The molecule has 4 rings (SSSR count). The number of hydrogen-bond donors (Lipinski definition) is 2. The van der Waals surface area contributed by atoms with Crippen molar-refractivity contribution < 1.29 is 9.53 Å². The molecule has 1 atom stereocenters. The summed E-state index contributed by atoms with van der Waals surface area (Å²) in [5.41, 5.74) is 2.08. The average molecular weight is 351 g/mol. The van der Waals surface area contributed by atoms with Gasteiger partial charge in [0.2, 0.25) is 0 Å². The number of allylic oxidation sites excluding steroid dienone is 1. The number of fused-ring (bicyclic) bond motifs is 1. The van der Waals surface area contributed by atoms with Crippen molar-refractivity contribution in [3.63, 3.8) is 0 Å². The molecule has 132 valence electrons. The van der Waals surface area contributed by atoms with Gasteiger partial charge in [0.05, 0.1) is 22.8 Å². The molecular formula is C19H17N3O4. The Morgan fingerprint density at radius 2 is 2.15 bits per heavy atom. The van der Waals surface area contributed by atoms with Gasteiger partial charge in [-0.2, -0.15) is 0 Å². The van der Waals surface area contributed by atoms with Gasteiger partial charge in [-0.3, -0.25) is 14.3 Å². The summed E-state index contributed by atoms with van der Waals surface area (Å²) >= 11 is 0. The molecule has 1 aromatic carbocycles. The minimum Gasteiger partial charge on any atom is -0.456 e. The van der Waals surface area contributed by atoms with Crippen LogP contribution < -0.4 is 16.6 Å². The number of aryl methyl sites for hydroxylation is 1. The SMILES string of the molecule is C=CCn1c2c(c(=O)[nH]c1=O)[C@H](c1cccc(C)c1)C1=C(COC1=O)N2. The summed E-state index contributed by atoms with van der Waals surface area (Å²) in [5, 5.41) is 3.07. The highest BCUT2D eigenvalue weighted by atomic mass is 16.5. The number of rotatable bonds is 3. The Morgan fingerprint density at radius 3 is 2.88 bits per heavy atom. The van der Waals surface area contributed by atoms with Crippen molar-refractivity contribution in [1.29, 1.82) is 0 Å². The van der Waals surface area contributed by atoms with Gasteiger partial charge in [-0.1, -0.05) is 35.9 Å². The van der Waals surface area contributed by atoms with Gasteiger partial charge in [-0.15, -0.1) is 6.58 Å². The van der Waals surface area contributed by atoms with Gasteiger partial charge in [0, 0.05) is 6.54 Å². The van der Waals surface area contributed by atoms with Gasteiger partial charge in [-0.25, -0.2) is 9.59 Å². The molecule has 0 unspecified atom stereocenters. The highest BCUT2D eigenvalue weighted by Crippen LogP contribution is 2.42. The van der Waals surface area contributed by atoms with Crippen LogP contribution in [0.15, 0.2) is 57.8 Å². The van der Waals surface area contributed by atoms with E-state index in [-0.39, 0.29) is 13.2 Å². The second-order valence-corrected chi connectivity index (χ2v) is 6.36. The first kappa shape index (κ1) is 16.1. The molecule has 2 N–H and O–H groups in total. The van der Waals surface area contributed by atoms with E-state index >= 15 is 0 Å². The van der Waals surface area contributed by atoms with Crippen LogP contribution in [-0.4, -0.2) is 22.1 Å². The standard InChI is InChI=1S/C19H17N3O4/c1-3-7-22-16-15(17(23)21-19(22)25)13(11-6-4-5-10(2)8-11)14-12(20-16)9-26-18(14)24/h3-6,8,13,20H,1,7,9H2,2H3,(H,21,23,25)/t13-/m1/s1. The molecule has 7 nitrogen and oxygen atoms in total. The lowest BCUT2D eigenvalue weighted by atomic mass is 9.82. The van der Waals surface area contributed by atoms with Crippen molar-refractivity contribution >= 4 is 11.8 Å². The lowest BCUT2D eigenvalue weighted by Crippen LogP contribution is -2.38. The number of ether oxygens (including phenoxy) is 1. The fourth-order valence-electron chi connectivity index (χ4n) is 3.57. The lowest BCUT2D eigenvalue weighted by molar-refractivity contribution is -0.136. The average Bonchev–Trinajstić information content (AvgIpc) is 2.98. The van der Waals surface area contributed by atoms with Crippen LogP contribution in [0, 0.1) is 6.92 Å². The van der Waals surface area contributed by atoms with Crippen molar-refractivity contribution in [2.75, 3.05) is 11.9 Å². The molecule has 0 saturated carbocycles. The molecular weight excluding hydrogens is 334 g/mol. The first-order chi connectivity index (χ1) is 12.5. The quantitative estimate of drug-likeness (QED) is 0.644. The Morgan fingerprint density at radius 1 is 1.35 bits per heavy atom. The van der Waals surface area contributed by atoms with E-state index < -0.39 is 23.1 Å². The van der Waals surface area contributed by atoms with Crippen LogP contribution in [0.5, 0.6) is 0 Å². The highest BCUT2D eigenvalue weighted by Gasteiger charge is 2.41. The Balaban J connectivity index is 2.06. The van der Waals surface area contributed by atoms with Crippen LogP contribution in [0.1, 0.15) is 22.6 Å². The third-order valence-electron chi connectivity index (χ3n) is 4.66. The molecule has 0 fully saturated rings. The number of cyclic esters (lactones) is 1. The number of aromatic amines is 1. The Hall–Kier alpha value is -3.35. The van der Waals surface area contributed by atoms with E-state index in [0.29, 0.717) is 22.7 Å². The molecule has 2 aromatic rings. The van der Waals surface area contributed by atoms with Crippen molar-refractivity contribution in [2.24, 2.45) is 0 Å². The fourth-order valence-corrected chi connectivity index (χ4v) is 3.57. The van der Waals surface area contributed by atoms with Crippen LogP contribution in [-0.2, 0) is 16.1 Å². The number of nitrogens with zero attached hydrogens (tertiary/aromatic N) is 1. The van der Waals surface area contributed by atoms with Crippen LogP contribution in [0.2, 0.25) is 0 Å². The summed E-state index contributed by atoms with van der Waals surface area (Å²) in [6.07, 6.45) is 1.57. The minimum absolute atomic E-state index is 0.0883. The van der Waals surface area contributed by atoms with Gasteiger partial charge < -0.3 is 10.1 Å². The summed E-state index contributed by atoms with van der Waals surface area (Å²) in [7, 11) is 0. The normalized spacial score (nSPS) is 18.0. The number of hydrogen-bond acceptors (Lipinski definition) is 5.